The summed E-state index contributed by atoms with van der Waals surface area (Å²) in [6.07, 6.45) is -4.12. The van der Waals surface area contributed by atoms with Crippen molar-refractivity contribution in [3.8, 4) is 0 Å². The Kier molecular flexibility index (Phi) is 4.66. The number of Topliss-reactive ketones (excluding diaryl/α,β-unsaturated/α-hetero) is 1. The van der Waals surface area contributed by atoms with E-state index in [1.807, 2.05) is 0 Å². The Bertz CT molecular complexity index is 489. The number of alkyl halides is 3. The van der Waals surface area contributed by atoms with Crippen molar-refractivity contribution in [3.63, 3.8) is 0 Å². The van der Waals surface area contributed by atoms with Gasteiger partial charge in [0.05, 0.1) is 12.0 Å². The van der Waals surface area contributed by atoms with Crippen molar-refractivity contribution in [2.75, 3.05) is 13.1 Å². The quantitative estimate of drug-likeness (QED) is 0.627. The first-order chi connectivity index (χ1) is 9.79. The molecule has 1 fully saturated rings. The number of carbonyl (C=O) groups is 1. The van der Waals surface area contributed by atoms with Gasteiger partial charge in [-0.05, 0) is 57.1 Å². The molecule has 2 nitrogen and oxygen atoms in total. The molecule has 1 unspecified atom stereocenters. The average molecular weight is 303 g/mol. The number of hydrogen-bond donors (Lipinski definition) is 0. The molecule has 1 aromatic carbocycles. The largest absolute Gasteiger partial charge is 0.391 e. The van der Waals surface area contributed by atoms with E-state index in [0.717, 1.165) is 0 Å². The van der Waals surface area contributed by atoms with E-state index in [2.05, 4.69) is 0 Å². The monoisotopic (exact) mass is 303 g/mol. The highest BCUT2D eigenvalue weighted by molar-refractivity contribution is 5.99. The van der Waals surface area contributed by atoms with Gasteiger partial charge in [-0.15, -0.1) is 0 Å². The molecule has 1 aromatic rings. The van der Waals surface area contributed by atoms with E-state index < -0.39 is 24.0 Å². The fraction of sp³-hybridized carbons (Fsp3) is 0.533. The maximum Gasteiger partial charge on any atom is 0.391 e. The topological polar surface area (TPSA) is 20.3 Å². The van der Waals surface area contributed by atoms with Gasteiger partial charge in [0.2, 0.25) is 0 Å². The van der Waals surface area contributed by atoms with Crippen molar-refractivity contribution in [2.45, 2.75) is 32.0 Å². The zero-order chi connectivity index (χ0) is 15.6. The Morgan fingerprint density at radius 2 is 1.71 bits per heavy atom. The van der Waals surface area contributed by atoms with E-state index in [4.69, 9.17) is 0 Å². The number of rotatable bonds is 3. The molecule has 0 saturated carbocycles. The summed E-state index contributed by atoms with van der Waals surface area (Å²) in [5.41, 5.74) is 0.377. The van der Waals surface area contributed by atoms with E-state index in [-0.39, 0.29) is 31.7 Å². The number of nitrogens with zero attached hydrogens (tertiary/aromatic N) is 1. The van der Waals surface area contributed by atoms with Crippen LogP contribution in [0.5, 0.6) is 0 Å². The lowest BCUT2D eigenvalue weighted by Crippen LogP contribution is -2.46. The lowest BCUT2D eigenvalue weighted by atomic mass is 9.94. The summed E-state index contributed by atoms with van der Waals surface area (Å²) in [5.74, 6) is -1.90. The highest BCUT2D eigenvalue weighted by Crippen LogP contribution is 2.34. The van der Waals surface area contributed by atoms with Gasteiger partial charge in [-0.1, -0.05) is 0 Å². The maximum atomic E-state index is 12.8. The van der Waals surface area contributed by atoms with Crippen LogP contribution in [-0.4, -0.2) is 36.0 Å². The van der Waals surface area contributed by atoms with Crippen LogP contribution in [0.4, 0.5) is 17.6 Å². The van der Waals surface area contributed by atoms with E-state index in [1.165, 1.54) is 24.3 Å². The van der Waals surface area contributed by atoms with Gasteiger partial charge in [0.25, 0.3) is 0 Å². The molecule has 0 spiro atoms. The van der Waals surface area contributed by atoms with Crippen molar-refractivity contribution in [1.82, 2.24) is 4.90 Å². The molecule has 0 N–H and O–H groups in total. The third-order valence-electron chi connectivity index (χ3n) is 4.05. The van der Waals surface area contributed by atoms with Crippen LogP contribution in [0.15, 0.2) is 24.3 Å². The minimum atomic E-state index is -4.16. The molecule has 0 bridgehead atoms. The minimum Gasteiger partial charge on any atom is -0.293 e. The van der Waals surface area contributed by atoms with Gasteiger partial charge < -0.3 is 0 Å². The molecular formula is C15H17F4NO. The summed E-state index contributed by atoms with van der Waals surface area (Å²) in [4.78, 5) is 14.0. The summed E-state index contributed by atoms with van der Waals surface area (Å²) < 4.78 is 50.7. The fourth-order valence-electron chi connectivity index (χ4n) is 2.64. The van der Waals surface area contributed by atoms with E-state index in [1.54, 1.807) is 11.8 Å². The number of ketones is 1. The molecule has 0 aliphatic carbocycles. The van der Waals surface area contributed by atoms with Crippen LogP contribution >= 0.6 is 0 Å². The number of hydrogen-bond acceptors (Lipinski definition) is 2. The molecule has 1 aliphatic rings. The molecule has 21 heavy (non-hydrogen) atoms. The molecule has 1 aliphatic heterocycles. The number of carbonyl (C=O) groups excluding carboxylic acids is 1. The number of benzene rings is 1. The molecule has 0 amide bonds. The molecule has 2 rings (SSSR count). The third-order valence-corrected chi connectivity index (χ3v) is 4.05. The molecular weight excluding hydrogens is 286 g/mol. The first-order valence-corrected chi connectivity index (χ1v) is 6.89. The summed E-state index contributed by atoms with van der Waals surface area (Å²) >= 11 is 0. The Labute approximate surface area is 120 Å². The number of piperidine rings is 1. The average Bonchev–Trinajstić information content (AvgIpc) is 2.46. The summed E-state index contributed by atoms with van der Waals surface area (Å²) in [6, 6.07) is 4.71. The third kappa shape index (κ3) is 3.81. The Morgan fingerprint density at radius 3 is 2.19 bits per heavy atom. The second-order valence-corrected chi connectivity index (χ2v) is 5.40. The van der Waals surface area contributed by atoms with E-state index in [0.29, 0.717) is 5.56 Å². The van der Waals surface area contributed by atoms with Gasteiger partial charge >= 0.3 is 6.18 Å². The molecule has 0 radical (unpaired) electrons. The second kappa shape index (κ2) is 6.13. The van der Waals surface area contributed by atoms with Gasteiger partial charge in [-0.2, -0.15) is 13.2 Å². The Morgan fingerprint density at radius 1 is 1.19 bits per heavy atom. The van der Waals surface area contributed by atoms with Gasteiger partial charge in [0, 0.05) is 5.56 Å². The van der Waals surface area contributed by atoms with Crippen molar-refractivity contribution < 1.29 is 22.4 Å². The molecule has 1 saturated heterocycles. The minimum absolute atomic E-state index is 0.0184. The Hall–Kier alpha value is -1.43. The highest BCUT2D eigenvalue weighted by atomic mass is 19.4. The van der Waals surface area contributed by atoms with Crippen LogP contribution in [0.3, 0.4) is 0 Å². The zero-order valence-electron chi connectivity index (χ0n) is 11.7. The molecule has 6 heteroatoms. The van der Waals surface area contributed by atoms with Crippen LogP contribution in [0.25, 0.3) is 0 Å². The maximum absolute atomic E-state index is 12.8. The molecule has 0 aromatic heterocycles. The van der Waals surface area contributed by atoms with Gasteiger partial charge in [-0.3, -0.25) is 9.69 Å². The summed E-state index contributed by atoms with van der Waals surface area (Å²) in [7, 11) is 0. The van der Waals surface area contributed by atoms with Crippen LogP contribution in [-0.2, 0) is 0 Å². The second-order valence-electron chi connectivity index (χ2n) is 5.40. The van der Waals surface area contributed by atoms with Crippen LogP contribution < -0.4 is 0 Å². The lowest BCUT2D eigenvalue weighted by molar-refractivity contribution is -0.185. The van der Waals surface area contributed by atoms with Gasteiger partial charge in [-0.25, -0.2) is 4.39 Å². The van der Waals surface area contributed by atoms with Gasteiger partial charge in [0.15, 0.2) is 5.78 Å². The molecule has 1 atom stereocenters. The predicted molar refractivity (Wildman–Crippen MR) is 70.5 cm³/mol. The van der Waals surface area contributed by atoms with Crippen LogP contribution in [0.2, 0.25) is 0 Å². The predicted octanol–water partition coefficient (Wildman–Crippen LogP) is 3.67. The van der Waals surface area contributed by atoms with Crippen molar-refractivity contribution in [2.24, 2.45) is 5.92 Å². The summed E-state index contributed by atoms with van der Waals surface area (Å²) in [6.45, 7) is 2.18. The fourth-order valence-corrected chi connectivity index (χ4v) is 2.64. The normalized spacial score (nSPS) is 19.5. The highest BCUT2D eigenvalue weighted by Gasteiger charge is 2.42. The van der Waals surface area contributed by atoms with Gasteiger partial charge in [0.1, 0.15) is 5.82 Å². The van der Waals surface area contributed by atoms with Crippen molar-refractivity contribution in [1.29, 1.82) is 0 Å². The van der Waals surface area contributed by atoms with Crippen molar-refractivity contribution in [3.05, 3.63) is 35.6 Å². The number of likely N-dealkylation sites (tertiary alicyclic amines) is 1. The standard InChI is InChI=1S/C15H17F4NO/c1-10(14(21)11-2-4-13(16)5-3-11)20-8-6-12(7-9-20)15(17,18)19/h2-5,10,12H,6-9H2,1H3. The first-order valence-electron chi connectivity index (χ1n) is 6.89. The van der Waals surface area contributed by atoms with E-state index in [9.17, 15) is 22.4 Å². The SMILES string of the molecule is CC(C(=O)c1ccc(F)cc1)N1CCC(C(F)(F)F)CC1. The van der Waals surface area contributed by atoms with Crippen LogP contribution in [0.1, 0.15) is 30.1 Å². The summed E-state index contributed by atoms with van der Waals surface area (Å²) in [5, 5.41) is 0. The zero-order valence-corrected chi connectivity index (χ0v) is 11.7. The molecule has 116 valence electrons. The van der Waals surface area contributed by atoms with Crippen molar-refractivity contribution >= 4 is 5.78 Å². The van der Waals surface area contributed by atoms with E-state index >= 15 is 0 Å². The molecule has 1 heterocycles. The first kappa shape index (κ1) is 15.9. The Balaban J connectivity index is 1.97. The number of halogens is 4. The van der Waals surface area contributed by atoms with Crippen LogP contribution in [0, 0.1) is 11.7 Å². The lowest BCUT2D eigenvalue weighted by Gasteiger charge is -2.36. The smallest absolute Gasteiger partial charge is 0.293 e.